The van der Waals surface area contributed by atoms with Gasteiger partial charge in [0.05, 0.1) is 22.1 Å². The van der Waals surface area contributed by atoms with Crippen LogP contribution in [0, 0.1) is 0 Å². The Morgan fingerprint density at radius 1 is 0.490 bits per heavy atom. The molecule has 4 heterocycles. The highest BCUT2D eigenvalue weighted by molar-refractivity contribution is 7.26. The van der Waals surface area contributed by atoms with E-state index in [9.17, 15) is 0 Å². The van der Waals surface area contributed by atoms with Crippen LogP contribution < -0.4 is 0 Å². The monoisotopic (exact) mass is 669 g/mol. The summed E-state index contributed by atoms with van der Waals surface area (Å²) in [4.78, 5) is 10.8. The van der Waals surface area contributed by atoms with E-state index in [0.717, 1.165) is 66.2 Å². The van der Waals surface area contributed by atoms with Crippen LogP contribution >= 0.6 is 11.3 Å². The molecule has 5 heteroatoms. The molecule has 7 aromatic carbocycles. The van der Waals surface area contributed by atoms with Crippen molar-refractivity contribution < 1.29 is 4.42 Å². The summed E-state index contributed by atoms with van der Waals surface area (Å²) in [5.41, 5.74) is 9.98. The molecular weight excluding hydrogens is 643 g/mol. The first-order valence-corrected chi connectivity index (χ1v) is 17.9. The Balaban J connectivity index is 1.26. The van der Waals surface area contributed by atoms with Crippen molar-refractivity contribution in [3.05, 3.63) is 164 Å². The molecule has 0 saturated carbocycles. The van der Waals surface area contributed by atoms with Crippen molar-refractivity contribution in [3.8, 4) is 39.5 Å². The SMILES string of the molecule is c1ccc(-c2ccc3c(c2)c2c(-c4nc(-c5cccc6c5sc5ccccc56)c5c(n4)oc4ccccc45)cccc2n3-c2ccccc2)cc1. The zero-order valence-electron chi connectivity index (χ0n) is 27.2. The zero-order chi connectivity index (χ0) is 33.5. The van der Waals surface area contributed by atoms with Crippen LogP contribution in [0.2, 0.25) is 0 Å². The molecule has 0 amide bonds. The van der Waals surface area contributed by atoms with Gasteiger partial charge < -0.3 is 8.98 Å². The molecule has 0 radical (unpaired) electrons. The van der Waals surface area contributed by atoms with E-state index in [1.807, 2.05) is 23.5 Å². The van der Waals surface area contributed by atoms with E-state index < -0.39 is 0 Å². The number of rotatable bonds is 4. The molecule has 0 saturated heterocycles. The molecule has 0 aliphatic carbocycles. The number of hydrogen-bond acceptors (Lipinski definition) is 4. The minimum atomic E-state index is 0.586. The number of para-hydroxylation sites is 2. The Kier molecular flexibility index (Phi) is 6.09. The van der Waals surface area contributed by atoms with Gasteiger partial charge in [-0.05, 0) is 53.6 Å². The van der Waals surface area contributed by atoms with Gasteiger partial charge in [-0.25, -0.2) is 4.98 Å². The van der Waals surface area contributed by atoms with Crippen LogP contribution in [0.1, 0.15) is 0 Å². The Bertz CT molecular complexity index is 3140. The van der Waals surface area contributed by atoms with Crippen molar-refractivity contribution in [1.82, 2.24) is 14.5 Å². The molecule has 0 unspecified atom stereocenters. The molecule has 4 nitrogen and oxygen atoms in total. The largest absolute Gasteiger partial charge is 0.438 e. The molecule has 0 atom stereocenters. The molecule has 0 N–H and O–H groups in total. The van der Waals surface area contributed by atoms with Crippen LogP contribution in [0.3, 0.4) is 0 Å². The maximum Gasteiger partial charge on any atom is 0.231 e. The molecule has 0 aliphatic rings. The summed E-state index contributed by atoms with van der Waals surface area (Å²) in [7, 11) is 0. The van der Waals surface area contributed by atoms with Gasteiger partial charge in [0.15, 0.2) is 5.82 Å². The number of hydrogen-bond donors (Lipinski definition) is 0. The quantitative estimate of drug-likeness (QED) is 0.187. The normalized spacial score (nSPS) is 11.9. The number of benzene rings is 7. The maximum atomic E-state index is 6.55. The summed E-state index contributed by atoms with van der Waals surface area (Å²) in [6.45, 7) is 0. The molecule has 0 bridgehead atoms. The third-order valence-corrected chi connectivity index (χ3v) is 11.3. The first kappa shape index (κ1) is 28.3. The molecular formula is C46H27N3OS. The van der Waals surface area contributed by atoms with Crippen molar-refractivity contribution in [2.45, 2.75) is 0 Å². The number of aromatic nitrogens is 3. The molecule has 238 valence electrons. The Morgan fingerprint density at radius 3 is 2.10 bits per heavy atom. The number of thiophene rings is 1. The minimum absolute atomic E-state index is 0.586. The number of nitrogens with zero attached hydrogens (tertiary/aromatic N) is 3. The lowest BCUT2D eigenvalue weighted by atomic mass is 10.00. The molecule has 0 spiro atoms. The fourth-order valence-electron chi connectivity index (χ4n) is 7.79. The minimum Gasteiger partial charge on any atom is -0.438 e. The van der Waals surface area contributed by atoms with Crippen LogP contribution in [0.15, 0.2) is 168 Å². The molecule has 11 rings (SSSR count). The molecule has 11 aromatic rings. The summed E-state index contributed by atoms with van der Waals surface area (Å²) in [5.74, 6) is 0.637. The summed E-state index contributed by atoms with van der Waals surface area (Å²) in [6, 6.07) is 57.8. The first-order valence-electron chi connectivity index (χ1n) is 17.1. The van der Waals surface area contributed by atoms with E-state index in [1.54, 1.807) is 0 Å². The van der Waals surface area contributed by atoms with Gasteiger partial charge in [-0.3, -0.25) is 0 Å². The predicted octanol–water partition coefficient (Wildman–Crippen LogP) is 12.8. The Morgan fingerprint density at radius 2 is 1.22 bits per heavy atom. The Hall–Kier alpha value is -6.56. The summed E-state index contributed by atoms with van der Waals surface area (Å²) >= 11 is 1.81. The zero-order valence-corrected chi connectivity index (χ0v) is 28.1. The second-order valence-electron chi connectivity index (χ2n) is 12.9. The van der Waals surface area contributed by atoms with Crippen molar-refractivity contribution in [2.75, 3.05) is 0 Å². The first-order chi connectivity index (χ1) is 25.3. The van der Waals surface area contributed by atoms with Gasteiger partial charge in [-0.2, -0.15) is 4.98 Å². The van der Waals surface area contributed by atoms with Gasteiger partial charge in [0, 0.05) is 53.1 Å². The molecule has 0 aliphatic heterocycles. The van der Waals surface area contributed by atoms with Gasteiger partial charge in [0.25, 0.3) is 0 Å². The highest BCUT2D eigenvalue weighted by atomic mass is 32.1. The predicted molar refractivity (Wildman–Crippen MR) is 213 cm³/mol. The van der Waals surface area contributed by atoms with E-state index in [0.29, 0.717) is 11.5 Å². The van der Waals surface area contributed by atoms with Crippen LogP contribution in [0.5, 0.6) is 0 Å². The van der Waals surface area contributed by atoms with Crippen molar-refractivity contribution in [3.63, 3.8) is 0 Å². The van der Waals surface area contributed by atoms with Gasteiger partial charge in [0.1, 0.15) is 5.58 Å². The van der Waals surface area contributed by atoms with Crippen LogP contribution in [-0.2, 0) is 0 Å². The van der Waals surface area contributed by atoms with E-state index in [2.05, 4.69) is 156 Å². The van der Waals surface area contributed by atoms with Crippen LogP contribution in [-0.4, -0.2) is 14.5 Å². The van der Waals surface area contributed by atoms with Gasteiger partial charge in [-0.15, -0.1) is 11.3 Å². The van der Waals surface area contributed by atoms with E-state index >= 15 is 0 Å². The second-order valence-corrected chi connectivity index (χ2v) is 14.0. The van der Waals surface area contributed by atoms with E-state index in [-0.39, 0.29) is 0 Å². The van der Waals surface area contributed by atoms with Crippen LogP contribution in [0.4, 0.5) is 0 Å². The van der Waals surface area contributed by atoms with E-state index in [1.165, 1.54) is 25.7 Å². The van der Waals surface area contributed by atoms with Gasteiger partial charge in [-0.1, -0.05) is 121 Å². The maximum absolute atomic E-state index is 6.55. The van der Waals surface area contributed by atoms with Crippen molar-refractivity contribution in [1.29, 1.82) is 0 Å². The van der Waals surface area contributed by atoms with Crippen LogP contribution in [0.25, 0.3) is 104 Å². The van der Waals surface area contributed by atoms with Crippen molar-refractivity contribution >= 4 is 75.4 Å². The standard InChI is InChI=1S/C46H27N3OS/c1-3-13-28(14-4-1)29-25-26-37-36(27-29)41-34(20-12-22-38(41)49(37)30-15-5-2-6-16-30)45-47-43(42-33-18-7-9-23-39(33)50-46(42)48-45)35-21-11-19-32-31-17-8-10-24-40(31)51-44(32)35/h1-27H. The second kappa shape index (κ2) is 11.0. The lowest BCUT2D eigenvalue weighted by Crippen LogP contribution is -1.95. The van der Waals surface area contributed by atoms with Gasteiger partial charge in [0.2, 0.25) is 5.71 Å². The fraction of sp³-hybridized carbons (Fsp3) is 0. The lowest BCUT2D eigenvalue weighted by molar-refractivity contribution is 0.653. The summed E-state index contributed by atoms with van der Waals surface area (Å²) < 4.78 is 11.4. The highest BCUT2D eigenvalue weighted by Crippen LogP contribution is 2.45. The number of fused-ring (bicyclic) bond motifs is 9. The Labute approximate surface area is 296 Å². The smallest absolute Gasteiger partial charge is 0.231 e. The molecule has 51 heavy (non-hydrogen) atoms. The third kappa shape index (κ3) is 4.25. The van der Waals surface area contributed by atoms with Crippen molar-refractivity contribution in [2.24, 2.45) is 0 Å². The van der Waals surface area contributed by atoms with E-state index in [4.69, 9.17) is 14.4 Å². The topological polar surface area (TPSA) is 43.9 Å². The van der Waals surface area contributed by atoms with Gasteiger partial charge >= 0.3 is 0 Å². The fourth-order valence-corrected chi connectivity index (χ4v) is 9.01. The lowest BCUT2D eigenvalue weighted by Gasteiger charge is -2.10. The number of furan rings is 1. The molecule has 0 fully saturated rings. The average Bonchev–Trinajstić information content (AvgIpc) is 3.87. The molecule has 4 aromatic heterocycles. The summed E-state index contributed by atoms with van der Waals surface area (Å²) in [5, 5.41) is 6.69. The third-order valence-electron chi connectivity index (χ3n) is 10.1. The summed E-state index contributed by atoms with van der Waals surface area (Å²) in [6.07, 6.45) is 0. The average molecular weight is 670 g/mol. The highest BCUT2D eigenvalue weighted by Gasteiger charge is 2.23.